The molecule has 0 fully saturated rings. The summed E-state index contributed by atoms with van der Waals surface area (Å²) >= 11 is 0. The van der Waals surface area contributed by atoms with Gasteiger partial charge in [0.15, 0.2) is 17.3 Å². The highest BCUT2D eigenvalue weighted by Crippen LogP contribution is 2.44. The number of phenols is 4. The minimum Gasteiger partial charge on any atom is -0.507 e. The average molecular weight is 360 g/mol. The lowest BCUT2D eigenvalue weighted by molar-refractivity contribution is 0.344. The molecule has 0 saturated carbocycles. The summed E-state index contributed by atoms with van der Waals surface area (Å²) in [5.41, 5.74) is -0.779. The van der Waals surface area contributed by atoms with E-state index in [0.29, 0.717) is 0 Å². The van der Waals surface area contributed by atoms with E-state index in [9.17, 15) is 30.3 Å². The highest BCUT2D eigenvalue weighted by molar-refractivity contribution is 5.92. The Bertz CT molecular complexity index is 1090. The molecule has 136 valence electrons. The summed E-state index contributed by atoms with van der Waals surface area (Å²) in [6, 6.07) is 2.26. The Hall–Kier alpha value is -3.55. The summed E-state index contributed by atoms with van der Waals surface area (Å²) in [5.74, 6) is -2.97. The van der Waals surface area contributed by atoms with Crippen LogP contribution in [0.25, 0.3) is 22.3 Å². The minimum absolute atomic E-state index is 0.00347. The molecule has 8 nitrogen and oxygen atoms in total. The summed E-state index contributed by atoms with van der Waals surface area (Å²) in [6.07, 6.45) is 0. The summed E-state index contributed by atoms with van der Waals surface area (Å²) in [5, 5.41) is 50.1. The second-order valence-corrected chi connectivity index (χ2v) is 5.81. The molecular formula is C18H16O8. The van der Waals surface area contributed by atoms with Gasteiger partial charge in [0, 0.05) is 16.7 Å². The van der Waals surface area contributed by atoms with Crippen molar-refractivity contribution in [3.8, 4) is 45.8 Å². The standard InChI is InChI=1S/C18H16O8/c1-6-12(21)7(2)16-11(13(6)22)14(23)15(24)17(26-16)8-4-9(19)18(25-3)10(20)5-8/h4-5,19-22,24H,1-3H3. The van der Waals surface area contributed by atoms with E-state index in [1.165, 1.54) is 21.0 Å². The number of phenolic OH excluding ortho intramolecular Hbond substituents is 4. The smallest absolute Gasteiger partial charge is 0.238 e. The zero-order valence-electron chi connectivity index (χ0n) is 14.1. The molecule has 1 heterocycles. The molecule has 0 aliphatic carbocycles. The Morgan fingerprint density at radius 3 is 2.00 bits per heavy atom. The molecule has 3 aromatic rings. The number of ether oxygens (including phenoxy) is 1. The van der Waals surface area contributed by atoms with Crippen molar-refractivity contribution in [2.24, 2.45) is 0 Å². The van der Waals surface area contributed by atoms with E-state index in [4.69, 9.17) is 9.15 Å². The van der Waals surface area contributed by atoms with Crippen LogP contribution in [0, 0.1) is 13.8 Å². The minimum atomic E-state index is -0.917. The summed E-state index contributed by atoms with van der Waals surface area (Å²) < 4.78 is 10.4. The molecule has 2 aromatic carbocycles. The van der Waals surface area contributed by atoms with E-state index < -0.39 is 28.4 Å². The van der Waals surface area contributed by atoms with Gasteiger partial charge in [0.25, 0.3) is 0 Å². The first-order chi connectivity index (χ1) is 12.2. The molecule has 5 N–H and O–H groups in total. The third-order valence-corrected chi connectivity index (χ3v) is 4.25. The largest absolute Gasteiger partial charge is 0.507 e. The summed E-state index contributed by atoms with van der Waals surface area (Å²) in [7, 11) is 1.25. The predicted octanol–water partition coefficient (Wildman–Crippen LogP) is 2.61. The number of fused-ring (bicyclic) bond motifs is 1. The van der Waals surface area contributed by atoms with Gasteiger partial charge >= 0.3 is 0 Å². The van der Waals surface area contributed by atoms with Crippen molar-refractivity contribution in [3.05, 3.63) is 33.5 Å². The van der Waals surface area contributed by atoms with Gasteiger partial charge in [-0.15, -0.1) is 0 Å². The molecule has 0 aliphatic heterocycles. The summed E-state index contributed by atoms with van der Waals surface area (Å²) in [6.45, 7) is 2.90. The Kier molecular flexibility index (Phi) is 3.83. The van der Waals surface area contributed by atoms with E-state index >= 15 is 0 Å². The topological polar surface area (TPSA) is 141 Å². The number of rotatable bonds is 2. The van der Waals surface area contributed by atoms with Gasteiger partial charge < -0.3 is 34.7 Å². The van der Waals surface area contributed by atoms with E-state index in [1.54, 1.807) is 0 Å². The SMILES string of the molecule is COc1c(O)cc(-c2oc3c(C)c(O)c(C)c(O)c3c(=O)c2O)cc1O. The van der Waals surface area contributed by atoms with Crippen LogP contribution in [-0.4, -0.2) is 32.6 Å². The lowest BCUT2D eigenvalue weighted by Crippen LogP contribution is -2.05. The zero-order chi connectivity index (χ0) is 19.3. The molecule has 8 heteroatoms. The third kappa shape index (κ3) is 2.26. The van der Waals surface area contributed by atoms with E-state index in [-0.39, 0.29) is 44.9 Å². The predicted molar refractivity (Wildman–Crippen MR) is 92.3 cm³/mol. The Morgan fingerprint density at radius 2 is 1.46 bits per heavy atom. The van der Waals surface area contributed by atoms with Gasteiger partial charge in [-0.2, -0.15) is 0 Å². The fraction of sp³-hybridized carbons (Fsp3) is 0.167. The quantitative estimate of drug-likeness (QED) is 0.470. The van der Waals surface area contributed by atoms with Gasteiger partial charge in [-0.05, 0) is 26.0 Å². The lowest BCUT2D eigenvalue weighted by Gasteiger charge is -2.13. The van der Waals surface area contributed by atoms with Crippen LogP contribution in [0.2, 0.25) is 0 Å². The molecule has 0 unspecified atom stereocenters. The van der Waals surface area contributed by atoms with Crippen molar-refractivity contribution < 1.29 is 34.7 Å². The fourth-order valence-electron chi connectivity index (χ4n) is 2.83. The van der Waals surface area contributed by atoms with E-state index in [1.807, 2.05) is 0 Å². The molecular weight excluding hydrogens is 344 g/mol. The van der Waals surface area contributed by atoms with Gasteiger partial charge in [-0.25, -0.2) is 0 Å². The van der Waals surface area contributed by atoms with Crippen LogP contribution < -0.4 is 10.2 Å². The van der Waals surface area contributed by atoms with Crippen molar-refractivity contribution in [1.82, 2.24) is 0 Å². The van der Waals surface area contributed by atoms with Crippen LogP contribution in [0.15, 0.2) is 21.3 Å². The molecule has 0 bridgehead atoms. The number of aryl methyl sites for hydroxylation is 1. The van der Waals surface area contributed by atoms with Gasteiger partial charge in [-0.3, -0.25) is 4.79 Å². The average Bonchev–Trinajstić information content (AvgIpc) is 2.60. The fourth-order valence-corrected chi connectivity index (χ4v) is 2.83. The maximum atomic E-state index is 12.6. The second-order valence-electron chi connectivity index (χ2n) is 5.81. The van der Waals surface area contributed by atoms with Crippen molar-refractivity contribution in [2.75, 3.05) is 7.11 Å². The first-order valence-electron chi connectivity index (χ1n) is 7.50. The zero-order valence-corrected chi connectivity index (χ0v) is 14.1. The highest BCUT2D eigenvalue weighted by atomic mass is 16.5. The Morgan fingerprint density at radius 1 is 0.885 bits per heavy atom. The van der Waals surface area contributed by atoms with E-state index in [0.717, 1.165) is 12.1 Å². The van der Waals surface area contributed by atoms with Crippen molar-refractivity contribution in [1.29, 1.82) is 0 Å². The Balaban J connectivity index is 2.43. The molecule has 26 heavy (non-hydrogen) atoms. The van der Waals surface area contributed by atoms with Crippen LogP contribution in [0.4, 0.5) is 0 Å². The number of methoxy groups -OCH3 is 1. The Labute approximate surface area is 146 Å². The van der Waals surface area contributed by atoms with Gasteiger partial charge in [0.05, 0.1) is 7.11 Å². The second kappa shape index (κ2) is 5.76. The molecule has 0 atom stereocenters. The molecule has 0 saturated heterocycles. The number of hydrogen-bond acceptors (Lipinski definition) is 8. The normalized spacial score (nSPS) is 11.0. The van der Waals surface area contributed by atoms with Crippen molar-refractivity contribution in [2.45, 2.75) is 13.8 Å². The van der Waals surface area contributed by atoms with Crippen LogP contribution in [0.1, 0.15) is 11.1 Å². The monoisotopic (exact) mass is 360 g/mol. The number of aromatic hydroxyl groups is 5. The summed E-state index contributed by atoms with van der Waals surface area (Å²) in [4.78, 5) is 12.6. The van der Waals surface area contributed by atoms with Crippen molar-refractivity contribution >= 4 is 11.0 Å². The number of hydrogen-bond donors (Lipinski definition) is 5. The van der Waals surface area contributed by atoms with Crippen LogP contribution in [-0.2, 0) is 0 Å². The maximum absolute atomic E-state index is 12.6. The first-order valence-corrected chi connectivity index (χ1v) is 7.50. The molecule has 0 spiro atoms. The lowest BCUT2D eigenvalue weighted by atomic mass is 10.0. The first kappa shape index (κ1) is 17.3. The van der Waals surface area contributed by atoms with Gasteiger partial charge in [-0.1, -0.05) is 0 Å². The van der Waals surface area contributed by atoms with Crippen molar-refractivity contribution in [3.63, 3.8) is 0 Å². The maximum Gasteiger partial charge on any atom is 0.238 e. The molecule has 0 aliphatic rings. The highest BCUT2D eigenvalue weighted by Gasteiger charge is 2.24. The van der Waals surface area contributed by atoms with Gasteiger partial charge in [0.2, 0.25) is 16.9 Å². The molecule has 0 amide bonds. The van der Waals surface area contributed by atoms with Crippen LogP contribution in [0.3, 0.4) is 0 Å². The molecule has 1 aromatic heterocycles. The van der Waals surface area contributed by atoms with Crippen LogP contribution >= 0.6 is 0 Å². The molecule has 3 rings (SSSR count). The van der Waals surface area contributed by atoms with Crippen LogP contribution in [0.5, 0.6) is 34.5 Å². The third-order valence-electron chi connectivity index (χ3n) is 4.25. The van der Waals surface area contributed by atoms with E-state index in [2.05, 4.69) is 0 Å². The number of benzene rings is 2. The molecule has 0 radical (unpaired) electrons. The van der Waals surface area contributed by atoms with Gasteiger partial charge in [0.1, 0.15) is 22.5 Å².